The van der Waals surface area contributed by atoms with Crippen LogP contribution in [0.3, 0.4) is 0 Å². The summed E-state index contributed by atoms with van der Waals surface area (Å²) in [6.45, 7) is 0. The largest absolute Gasteiger partial charge is 0.495 e. The van der Waals surface area contributed by atoms with E-state index >= 15 is 0 Å². The molecule has 1 heterocycles. The lowest BCUT2D eigenvalue weighted by Crippen LogP contribution is -2.28. The van der Waals surface area contributed by atoms with Gasteiger partial charge in [0.25, 0.3) is 10.0 Å². The van der Waals surface area contributed by atoms with Crippen molar-refractivity contribution in [2.45, 2.75) is 23.1 Å². The van der Waals surface area contributed by atoms with E-state index in [1.807, 2.05) is 13.2 Å². The lowest BCUT2D eigenvalue weighted by Gasteiger charge is -2.16. The first-order valence-electron chi connectivity index (χ1n) is 5.08. The second-order valence-electron chi connectivity index (χ2n) is 3.99. The van der Waals surface area contributed by atoms with E-state index in [4.69, 9.17) is 4.74 Å². The molecule has 1 aliphatic carbocycles. The fraction of sp³-hybridized carbons (Fsp3) is 0.556. The van der Waals surface area contributed by atoms with Gasteiger partial charge in [0.05, 0.1) is 7.11 Å². The monoisotopic (exact) mass is 259 g/mol. The van der Waals surface area contributed by atoms with Crippen LogP contribution in [0.15, 0.2) is 9.59 Å². The lowest BCUT2D eigenvalue weighted by molar-refractivity contribution is 0.405. The highest BCUT2D eigenvalue weighted by atomic mass is 32.2. The maximum absolute atomic E-state index is 12.3. The number of hydrogen-bond acceptors (Lipinski definition) is 4. The molecule has 0 atom stereocenters. The highest BCUT2D eigenvalue weighted by Crippen LogP contribution is 2.35. The molecule has 1 fully saturated rings. The van der Waals surface area contributed by atoms with Gasteiger partial charge in [0.15, 0.2) is 4.21 Å². The van der Waals surface area contributed by atoms with Crippen LogP contribution in [-0.4, -0.2) is 40.8 Å². The first kappa shape index (κ1) is 11.9. The summed E-state index contributed by atoms with van der Waals surface area (Å²) >= 11 is 1.23. The average Bonchev–Trinajstić information content (AvgIpc) is 3.00. The fourth-order valence-electron chi connectivity index (χ4n) is 1.60. The van der Waals surface area contributed by atoms with E-state index in [1.54, 1.807) is 7.05 Å². The van der Waals surface area contributed by atoms with Crippen LogP contribution in [0.25, 0.3) is 0 Å². The van der Waals surface area contributed by atoms with Crippen molar-refractivity contribution in [3.8, 4) is 5.75 Å². The van der Waals surface area contributed by atoms with Gasteiger partial charge in [0, 0.05) is 13.1 Å². The summed E-state index contributed by atoms with van der Waals surface area (Å²) in [6.07, 6.45) is 1.92. The average molecular weight is 259 g/mol. The van der Waals surface area contributed by atoms with E-state index in [-0.39, 0.29) is 6.04 Å². The smallest absolute Gasteiger partial charge is 0.256 e. The zero-order chi connectivity index (χ0) is 11.9. The Morgan fingerprint density at radius 2 is 2.19 bits per heavy atom. The molecule has 0 radical (unpaired) electrons. The Balaban J connectivity index is 2.42. The van der Waals surface area contributed by atoms with E-state index < -0.39 is 10.0 Å². The molecule has 0 aliphatic heterocycles. The van der Waals surface area contributed by atoms with Gasteiger partial charge in [-0.1, -0.05) is 0 Å². The van der Waals surface area contributed by atoms with Gasteiger partial charge in [-0.2, -0.15) is 4.31 Å². The molecule has 0 bridgehead atoms. The van der Waals surface area contributed by atoms with Crippen molar-refractivity contribution in [1.29, 1.82) is 0 Å². The van der Waals surface area contributed by atoms with Crippen LogP contribution in [0.5, 0.6) is 5.75 Å². The van der Waals surface area contributed by atoms with E-state index in [2.05, 4.69) is 0 Å². The zero-order valence-electron chi connectivity index (χ0n) is 9.56. The Hall–Kier alpha value is -0.525. The number of rotatable bonds is 4. The Bertz CT molecular complexity index is 493. The van der Waals surface area contributed by atoms with Gasteiger partial charge in [-0.15, -0.1) is 11.3 Å². The Morgan fingerprint density at radius 3 is 2.69 bits per heavy atom. The predicted molar refractivity (Wildman–Crippen MR) is 67.0 cm³/mol. The third-order valence-electron chi connectivity index (χ3n) is 2.76. The molecule has 2 rings (SSSR count). The molecule has 88 valence electrons. The van der Waals surface area contributed by atoms with Crippen LogP contribution in [0.1, 0.15) is 12.8 Å². The minimum Gasteiger partial charge on any atom is -0.495 e. The first-order chi connectivity index (χ1) is 7.48. The summed E-state index contributed by atoms with van der Waals surface area (Å²) in [5, 5.41) is 1.81. The number of thiophene rings is 1. The van der Waals surface area contributed by atoms with Gasteiger partial charge >= 0.3 is 0 Å². The number of nitrogens with zero attached hydrogens (tertiary/aromatic N) is 1. The Labute approximate surface area is 101 Å². The molecule has 0 saturated heterocycles. The van der Waals surface area contributed by atoms with Crippen LogP contribution >= 0.6 is 11.3 Å². The second kappa shape index (κ2) is 4.05. The lowest BCUT2D eigenvalue weighted by atomic mass is 10.0. The summed E-state index contributed by atoms with van der Waals surface area (Å²) in [6, 6.07) is 0.178. The molecule has 1 saturated carbocycles. The molecule has 1 aliphatic rings. The topological polar surface area (TPSA) is 46.6 Å². The van der Waals surface area contributed by atoms with E-state index in [0.29, 0.717) is 9.96 Å². The van der Waals surface area contributed by atoms with Gasteiger partial charge in [-0.3, -0.25) is 0 Å². The molecule has 16 heavy (non-hydrogen) atoms. The van der Waals surface area contributed by atoms with E-state index in [1.165, 1.54) is 22.8 Å². The van der Waals surface area contributed by atoms with Crippen LogP contribution in [0, 0.1) is 0 Å². The highest BCUT2D eigenvalue weighted by molar-refractivity contribution is 7.91. The van der Waals surface area contributed by atoms with Crippen molar-refractivity contribution < 1.29 is 13.2 Å². The van der Waals surface area contributed by atoms with Crippen LogP contribution in [0.2, 0.25) is 0 Å². The summed E-state index contributed by atoms with van der Waals surface area (Å²) < 4.78 is 31.5. The van der Waals surface area contributed by atoms with Crippen molar-refractivity contribution in [3.63, 3.8) is 0 Å². The number of sulfonamides is 1. The minimum atomic E-state index is -3.37. The summed E-state index contributed by atoms with van der Waals surface area (Å²) in [5.41, 5.74) is 0.871. The van der Waals surface area contributed by atoms with Crippen molar-refractivity contribution in [2.24, 2.45) is 0 Å². The molecule has 1 aromatic rings. The minimum absolute atomic E-state index is 0.178. The third kappa shape index (κ3) is 1.87. The maximum atomic E-state index is 12.3. The molecule has 0 aromatic carbocycles. The molecule has 4 nitrogen and oxygen atoms in total. The summed E-state index contributed by atoms with van der Waals surface area (Å²) in [4.78, 5) is 0. The van der Waals surface area contributed by atoms with Gasteiger partial charge < -0.3 is 4.74 Å². The van der Waals surface area contributed by atoms with Gasteiger partial charge in [0.1, 0.15) is 13.6 Å². The molecule has 7 heteroatoms. The normalized spacial score (nSPS) is 16.7. The number of ether oxygens (including phenoxy) is 1. The van der Waals surface area contributed by atoms with Crippen LogP contribution in [-0.2, 0) is 10.0 Å². The van der Waals surface area contributed by atoms with Gasteiger partial charge in [-0.25, -0.2) is 8.42 Å². The standard InChI is InChI=1S/C9H14BNO3S2/c1-11(6-3-4-6)16(12,13)9-8(14-2)7(10)5-15-9/h5-6H,3-4,10H2,1-2H3. The van der Waals surface area contributed by atoms with Gasteiger partial charge in [-0.05, 0) is 23.7 Å². The van der Waals surface area contributed by atoms with E-state index in [9.17, 15) is 8.42 Å². The molecular formula is C9H14BNO3S2. The summed E-state index contributed by atoms with van der Waals surface area (Å²) in [7, 11) is 1.63. The second-order valence-corrected chi connectivity index (χ2v) is 7.06. The van der Waals surface area contributed by atoms with Crippen molar-refractivity contribution in [3.05, 3.63) is 5.38 Å². The molecule has 0 unspecified atom stereocenters. The zero-order valence-corrected chi connectivity index (χ0v) is 11.2. The Kier molecular flexibility index (Phi) is 3.02. The van der Waals surface area contributed by atoms with E-state index in [0.717, 1.165) is 18.3 Å². The SMILES string of the molecule is Bc1csc(S(=O)(=O)N(C)C2CC2)c1OC. The molecule has 0 amide bonds. The fourth-order valence-corrected chi connectivity index (χ4v) is 4.67. The predicted octanol–water partition coefficient (Wildman–Crippen LogP) is -0.202. The third-order valence-corrected chi connectivity index (χ3v) is 6.27. The number of hydrogen-bond donors (Lipinski definition) is 0. The molecule has 0 spiro atoms. The first-order valence-corrected chi connectivity index (χ1v) is 7.40. The molecule has 0 N–H and O–H groups in total. The molecular weight excluding hydrogens is 245 g/mol. The highest BCUT2D eigenvalue weighted by Gasteiger charge is 2.37. The maximum Gasteiger partial charge on any atom is 0.256 e. The quantitative estimate of drug-likeness (QED) is 0.703. The van der Waals surface area contributed by atoms with Crippen molar-refractivity contribution in [2.75, 3.05) is 14.2 Å². The van der Waals surface area contributed by atoms with Crippen LogP contribution < -0.4 is 10.2 Å². The number of methoxy groups -OCH3 is 1. The van der Waals surface area contributed by atoms with Crippen molar-refractivity contribution >= 4 is 34.7 Å². The van der Waals surface area contributed by atoms with Crippen molar-refractivity contribution in [1.82, 2.24) is 4.31 Å². The molecule has 1 aromatic heterocycles. The van der Waals surface area contributed by atoms with Gasteiger partial charge in [0.2, 0.25) is 0 Å². The summed E-state index contributed by atoms with van der Waals surface area (Å²) in [5.74, 6) is 0.484. The Morgan fingerprint density at radius 1 is 1.56 bits per heavy atom. The van der Waals surface area contributed by atoms with Crippen LogP contribution in [0.4, 0.5) is 0 Å².